The first-order valence-corrected chi connectivity index (χ1v) is 11.1. The first-order valence-electron chi connectivity index (χ1n) is 11.1. The van der Waals surface area contributed by atoms with Crippen molar-refractivity contribution in [2.24, 2.45) is 40.5 Å². The van der Waals surface area contributed by atoms with Crippen LogP contribution in [0.5, 0.6) is 0 Å². The number of hydroxylamine groups is 2. The Bertz CT molecular complexity index is 539. The zero-order valence-electron chi connectivity index (χ0n) is 15.8. The summed E-state index contributed by atoms with van der Waals surface area (Å²) >= 11 is 0. The Kier molecular flexibility index (Phi) is 3.11. The van der Waals surface area contributed by atoms with E-state index >= 15 is 0 Å². The van der Waals surface area contributed by atoms with Gasteiger partial charge >= 0.3 is 0 Å². The van der Waals surface area contributed by atoms with Crippen molar-refractivity contribution in [3.63, 3.8) is 0 Å². The topological polar surface area (TPSA) is 35.8 Å². The maximum Gasteiger partial charge on any atom is 0.121 e. The molecule has 0 atom stereocenters. The number of hydrogen-bond acceptors (Lipinski definition) is 2. The molecular weight excluding hydrogens is 308 g/mol. The van der Waals surface area contributed by atoms with Crippen LogP contribution in [0.3, 0.4) is 0 Å². The van der Waals surface area contributed by atoms with Gasteiger partial charge in [-0.1, -0.05) is 0 Å². The molecule has 25 heavy (non-hydrogen) atoms. The molecular formula is C22H34N2O. The van der Waals surface area contributed by atoms with E-state index in [9.17, 15) is 5.21 Å². The molecule has 0 saturated heterocycles. The Morgan fingerprint density at radius 2 is 1.08 bits per heavy atom. The van der Waals surface area contributed by atoms with E-state index in [2.05, 4.69) is 6.92 Å². The van der Waals surface area contributed by atoms with E-state index in [1.807, 2.05) is 0 Å². The smallest absolute Gasteiger partial charge is 0.121 e. The van der Waals surface area contributed by atoms with Crippen LogP contribution < -0.4 is 0 Å². The van der Waals surface area contributed by atoms with Crippen molar-refractivity contribution in [1.82, 2.24) is 5.06 Å². The van der Waals surface area contributed by atoms with Crippen LogP contribution in [-0.2, 0) is 0 Å². The van der Waals surface area contributed by atoms with E-state index in [4.69, 9.17) is 4.99 Å². The molecule has 3 nitrogen and oxygen atoms in total. The molecule has 8 aliphatic rings. The highest BCUT2D eigenvalue weighted by Gasteiger charge is 2.55. The van der Waals surface area contributed by atoms with Gasteiger partial charge in [-0.05, 0) is 119 Å². The minimum atomic E-state index is 0.0324. The highest BCUT2D eigenvalue weighted by molar-refractivity contribution is 5.80. The van der Waals surface area contributed by atoms with Crippen LogP contribution in [0.15, 0.2) is 4.99 Å². The molecule has 0 aliphatic heterocycles. The second-order valence-electron chi connectivity index (χ2n) is 11.3. The minimum absolute atomic E-state index is 0.0324. The predicted octanol–water partition coefficient (Wildman–Crippen LogP) is 5.03. The van der Waals surface area contributed by atoms with Crippen molar-refractivity contribution in [3.8, 4) is 0 Å². The van der Waals surface area contributed by atoms with Gasteiger partial charge < -0.3 is 0 Å². The fourth-order valence-corrected chi connectivity index (χ4v) is 9.26. The van der Waals surface area contributed by atoms with Crippen molar-refractivity contribution in [2.45, 2.75) is 95.1 Å². The zero-order chi connectivity index (χ0) is 16.8. The summed E-state index contributed by atoms with van der Waals surface area (Å²) in [6.45, 7) is 2.11. The summed E-state index contributed by atoms with van der Waals surface area (Å²) in [6.07, 6.45) is 16.2. The quantitative estimate of drug-likeness (QED) is 0.434. The van der Waals surface area contributed by atoms with Gasteiger partial charge in [0, 0.05) is 0 Å². The lowest BCUT2D eigenvalue weighted by Crippen LogP contribution is -2.60. The second-order valence-corrected chi connectivity index (χ2v) is 11.3. The van der Waals surface area contributed by atoms with E-state index in [1.54, 1.807) is 5.06 Å². The molecule has 8 aliphatic carbocycles. The van der Waals surface area contributed by atoms with Gasteiger partial charge in [0.2, 0.25) is 0 Å². The Hall–Kier alpha value is -0.570. The van der Waals surface area contributed by atoms with Gasteiger partial charge in [-0.2, -0.15) is 0 Å². The molecule has 8 fully saturated rings. The number of hydrogen-bond donors (Lipinski definition) is 1. The Morgan fingerprint density at radius 3 is 1.48 bits per heavy atom. The summed E-state index contributed by atoms with van der Waals surface area (Å²) in [5, 5.41) is 13.0. The summed E-state index contributed by atoms with van der Waals surface area (Å²) < 4.78 is 0. The molecule has 1 N–H and O–H groups in total. The van der Waals surface area contributed by atoms with Gasteiger partial charge in [0.25, 0.3) is 0 Å². The summed E-state index contributed by atoms with van der Waals surface area (Å²) in [5.41, 5.74) is 0.215. The fourth-order valence-electron chi connectivity index (χ4n) is 9.26. The van der Waals surface area contributed by atoms with E-state index in [-0.39, 0.29) is 11.1 Å². The van der Waals surface area contributed by atoms with Gasteiger partial charge in [0.1, 0.15) is 5.84 Å². The average Bonchev–Trinajstić information content (AvgIpc) is 2.51. The summed E-state index contributed by atoms with van der Waals surface area (Å²) in [7, 11) is 0. The van der Waals surface area contributed by atoms with Crippen LogP contribution in [0.2, 0.25) is 0 Å². The molecule has 0 spiro atoms. The molecule has 0 radical (unpaired) electrons. The lowest BCUT2D eigenvalue weighted by Gasteiger charge is -2.59. The van der Waals surface area contributed by atoms with Crippen LogP contribution in [0.25, 0.3) is 0 Å². The Balaban J connectivity index is 1.28. The third kappa shape index (κ3) is 2.30. The first-order chi connectivity index (χ1) is 12.0. The molecule has 0 amide bonds. The molecule has 0 aromatic heterocycles. The van der Waals surface area contributed by atoms with Crippen molar-refractivity contribution in [2.75, 3.05) is 0 Å². The van der Waals surface area contributed by atoms with Crippen LogP contribution in [-0.4, -0.2) is 27.2 Å². The van der Waals surface area contributed by atoms with Gasteiger partial charge in [-0.3, -0.25) is 10.2 Å². The third-order valence-corrected chi connectivity index (χ3v) is 9.17. The molecule has 0 unspecified atom stereocenters. The molecule has 0 aromatic rings. The van der Waals surface area contributed by atoms with Crippen molar-refractivity contribution < 1.29 is 5.21 Å². The van der Waals surface area contributed by atoms with Crippen LogP contribution in [0.4, 0.5) is 0 Å². The number of amidine groups is 1. The normalized spacial score (nSPS) is 55.8. The van der Waals surface area contributed by atoms with E-state index in [0.717, 1.165) is 41.3 Å². The third-order valence-electron chi connectivity index (χ3n) is 9.17. The SMILES string of the molecule is C/C(=N\C12CC3CC(CC(C3)C1)C2)N(O)C12CC3CC(CC(C3)C1)C2. The lowest BCUT2D eigenvalue weighted by atomic mass is 9.52. The molecule has 8 rings (SSSR count). The number of nitrogens with zero attached hydrogens (tertiary/aromatic N) is 2. The zero-order valence-corrected chi connectivity index (χ0v) is 15.8. The summed E-state index contributed by atoms with van der Waals surface area (Å²) in [4.78, 5) is 5.32. The van der Waals surface area contributed by atoms with Crippen molar-refractivity contribution in [1.29, 1.82) is 0 Å². The second kappa shape index (κ2) is 5.03. The van der Waals surface area contributed by atoms with Crippen molar-refractivity contribution in [3.05, 3.63) is 0 Å². The Labute approximate surface area is 152 Å². The predicted molar refractivity (Wildman–Crippen MR) is 98.5 cm³/mol. The minimum Gasteiger partial charge on any atom is -0.287 e. The molecule has 0 heterocycles. The van der Waals surface area contributed by atoms with Gasteiger partial charge in [0.05, 0.1) is 11.1 Å². The molecule has 138 valence electrons. The number of aliphatic imine (C=N–C) groups is 1. The van der Waals surface area contributed by atoms with Crippen LogP contribution >= 0.6 is 0 Å². The standard InChI is InChI=1S/C22H34N2O/c1-14(23-21-8-15-2-16(9-21)4-17(3-15)10-21)24(25)22-11-18-5-19(12-22)7-20(6-18)13-22/h15-20,25H,2-13H2,1H3/b23-14+. The van der Waals surface area contributed by atoms with E-state index in [0.29, 0.717) is 0 Å². The monoisotopic (exact) mass is 342 g/mol. The van der Waals surface area contributed by atoms with E-state index < -0.39 is 0 Å². The average molecular weight is 343 g/mol. The highest BCUT2D eigenvalue weighted by Crippen LogP contribution is 2.59. The molecule has 0 aromatic carbocycles. The molecule has 8 bridgehead atoms. The maximum atomic E-state index is 11.3. The summed E-state index contributed by atoms with van der Waals surface area (Å²) in [6, 6.07) is 0. The Morgan fingerprint density at radius 1 is 0.720 bits per heavy atom. The summed E-state index contributed by atoms with van der Waals surface area (Å²) in [5.74, 6) is 6.33. The van der Waals surface area contributed by atoms with Gasteiger partial charge in [-0.25, -0.2) is 5.06 Å². The first kappa shape index (κ1) is 15.5. The van der Waals surface area contributed by atoms with Crippen molar-refractivity contribution >= 4 is 5.84 Å². The maximum absolute atomic E-state index is 11.3. The fraction of sp³-hybridized carbons (Fsp3) is 0.955. The number of rotatable bonds is 2. The van der Waals surface area contributed by atoms with Gasteiger partial charge in [-0.15, -0.1) is 0 Å². The van der Waals surface area contributed by atoms with Crippen LogP contribution in [0, 0.1) is 35.5 Å². The van der Waals surface area contributed by atoms with Gasteiger partial charge in [0.15, 0.2) is 0 Å². The lowest BCUT2D eigenvalue weighted by molar-refractivity contribution is -0.180. The van der Waals surface area contributed by atoms with E-state index in [1.165, 1.54) is 77.0 Å². The van der Waals surface area contributed by atoms with Crippen LogP contribution in [0.1, 0.15) is 84.0 Å². The molecule has 8 saturated carbocycles. The highest BCUT2D eigenvalue weighted by atomic mass is 16.5. The molecule has 3 heteroatoms. The largest absolute Gasteiger partial charge is 0.287 e.